The molecule has 2 aliphatic heterocycles. The zero-order valence-electron chi connectivity index (χ0n) is 17.0. The highest BCUT2D eigenvalue weighted by Gasteiger charge is 2.27. The molecule has 2 fully saturated rings. The third-order valence-electron chi connectivity index (χ3n) is 5.70. The van der Waals surface area contributed by atoms with Gasteiger partial charge in [0.05, 0.1) is 12.5 Å². The standard InChI is InChI=1S/C20H38N4O2/c1-4-21-20(22-12-7-17-8-13-23(5-2)14-9-17)24-15-10-18(11-16-24)19(25)26-6-3/h17-18H,4-16H2,1-3H3,(H,21,22). The zero-order valence-corrected chi connectivity index (χ0v) is 17.0. The van der Waals surface area contributed by atoms with Gasteiger partial charge in [-0.15, -0.1) is 0 Å². The number of nitrogens with zero attached hydrogens (tertiary/aromatic N) is 3. The largest absolute Gasteiger partial charge is 0.466 e. The van der Waals surface area contributed by atoms with E-state index in [1.807, 2.05) is 6.92 Å². The van der Waals surface area contributed by atoms with Crippen LogP contribution >= 0.6 is 0 Å². The summed E-state index contributed by atoms with van der Waals surface area (Å²) in [6, 6.07) is 0. The fourth-order valence-corrected chi connectivity index (χ4v) is 3.96. The highest BCUT2D eigenvalue weighted by Crippen LogP contribution is 2.21. The van der Waals surface area contributed by atoms with Gasteiger partial charge in [0, 0.05) is 26.2 Å². The first-order valence-electron chi connectivity index (χ1n) is 10.6. The topological polar surface area (TPSA) is 57.2 Å². The monoisotopic (exact) mass is 366 g/mol. The van der Waals surface area contributed by atoms with Crippen molar-refractivity contribution in [3.8, 4) is 0 Å². The van der Waals surface area contributed by atoms with Crippen LogP contribution in [0, 0.1) is 11.8 Å². The molecule has 2 heterocycles. The Balaban J connectivity index is 1.77. The fraction of sp³-hybridized carbons (Fsp3) is 0.900. The number of rotatable bonds is 7. The number of carbonyl (C=O) groups is 1. The molecule has 26 heavy (non-hydrogen) atoms. The Morgan fingerprint density at radius 1 is 1.08 bits per heavy atom. The quantitative estimate of drug-likeness (QED) is 0.426. The van der Waals surface area contributed by atoms with E-state index in [2.05, 4.69) is 29.0 Å². The normalized spacial score (nSPS) is 21.0. The summed E-state index contributed by atoms with van der Waals surface area (Å²) >= 11 is 0. The van der Waals surface area contributed by atoms with Gasteiger partial charge in [-0.3, -0.25) is 9.79 Å². The van der Waals surface area contributed by atoms with Crippen molar-refractivity contribution in [2.24, 2.45) is 16.8 Å². The van der Waals surface area contributed by atoms with Gasteiger partial charge in [0.1, 0.15) is 0 Å². The Bertz CT molecular complexity index is 439. The van der Waals surface area contributed by atoms with Crippen LogP contribution in [0.4, 0.5) is 0 Å². The van der Waals surface area contributed by atoms with Crippen LogP contribution in [0.5, 0.6) is 0 Å². The van der Waals surface area contributed by atoms with E-state index in [0.29, 0.717) is 6.61 Å². The van der Waals surface area contributed by atoms with E-state index in [4.69, 9.17) is 9.73 Å². The molecule has 0 aromatic carbocycles. The number of guanidine groups is 1. The van der Waals surface area contributed by atoms with Gasteiger partial charge in [0.25, 0.3) is 0 Å². The average Bonchev–Trinajstić information content (AvgIpc) is 2.68. The molecule has 0 amide bonds. The van der Waals surface area contributed by atoms with Crippen LogP contribution < -0.4 is 5.32 Å². The number of esters is 1. The summed E-state index contributed by atoms with van der Waals surface area (Å²) in [4.78, 5) is 21.6. The number of ether oxygens (including phenoxy) is 1. The lowest BCUT2D eigenvalue weighted by Crippen LogP contribution is -2.46. The lowest BCUT2D eigenvalue weighted by molar-refractivity contribution is -0.149. The summed E-state index contributed by atoms with van der Waals surface area (Å²) in [5, 5.41) is 3.43. The minimum Gasteiger partial charge on any atom is -0.466 e. The summed E-state index contributed by atoms with van der Waals surface area (Å²) in [5.41, 5.74) is 0. The van der Waals surface area contributed by atoms with E-state index in [1.54, 1.807) is 0 Å². The Morgan fingerprint density at radius 3 is 2.35 bits per heavy atom. The maximum Gasteiger partial charge on any atom is 0.309 e. The van der Waals surface area contributed by atoms with Crippen molar-refractivity contribution in [2.45, 2.75) is 52.9 Å². The third kappa shape index (κ3) is 6.45. The Kier molecular flexibility index (Phi) is 9.23. The van der Waals surface area contributed by atoms with Crippen molar-refractivity contribution in [2.75, 3.05) is 52.4 Å². The summed E-state index contributed by atoms with van der Waals surface area (Å²) < 4.78 is 5.17. The molecule has 2 rings (SSSR count). The van der Waals surface area contributed by atoms with Crippen LogP contribution in [0.1, 0.15) is 52.9 Å². The zero-order chi connectivity index (χ0) is 18.8. The smallest absolute Gasteiger partial charge is 0.309 e. The second-order valence-corrected chi connectivity index (χ2v) is 7.42. The molecule has 2 saturated heterocycles. The number of piperidine rings is 2. The van der Waals surface area contributed by atoms with E-state index in [9.17, 15) is 4.79 Å². The van der Waals surface area contributed by atoms with Crippen LogP contribution in [0.2, 0.25) is 0 Å². The van der Waals surface area contributed by atoms with Gasteiger partial charge < -0.3 is 19.9 Å². The highest BCUT2D eigenvalue weighted by molar-refractivity contribution is 5.80. The third-order valence-corrected chi connectivity index (χ3v) is 5.70. The molecule has 0 aliphatic carbocycles. The Morgan fingerprint density at radius 2 is 1.77 bits per heavy atom. The van der Waals surface area contributed by atoms with Crippen molar-refractivity contribution < 1.29 is 9.53 Å². The number of hydrogen-bond donors (Lipinski definition) is 1. The molecule has 0 atom stereocenters. The lowest BCUT2D eigenvalue weighted by atomic mass is 9.94. The molecule has 1 N–H and O–H groups in total. The van der Waals surface area contributed by atoms with E-state index in [1.165, 1.54) is 38.9 Å². The maximum absolute atomic E-state index is 11.9. The summed E-state index contributed by atoms with van der Waals surface area (Å²) in [5.74, 6) is 1.85. The molecule has 6 nitrogen and oxygen atoms in total. The van der Waals surface area contributed by atoms with Gasteiger partial charge in [-0.1, -0.05) is 6.92 Å². The summed E-state index contributed by atoms with van der Waals surface area (Å²) in [7, 11) is 0. The van der Waals surface area contributed by atoms with Gasteiger partial charge in [-0.25, -0.2) is 0 Å². The number of likely N-dealkylation sites (tertiary alicyclic amines) is 2. The second-order valence-electron chi connectivity index (χ2n) is 7.42. The highest BCUT2D eigenvalue weighted by atomic mass is 16.5. The van der Waals surface area contributed by atoms with Crippen molar-refractivity contribution in [1.29, 1.82) is 0 Å². The molecule has 0 radical (unpaired) electrons. The molecule has 2 aliphatic rings. The fourth-order valence-electron chi connectivity index (χ4n) is 3.96. The van der Waals surface area contributed by atoms with Crippen molar-refractivity contribution in [1.82, 2.24) is 15.1 Å². The van der Waals surface area contributed by atoms with Crippen LogP contribution in [-0.2, 0) is 9.53 Å². The first-order chi connectivity index (χ1) is 12.7. The minimum absolute atomic E-state index is 0.0347. The Labute approximate surface area is 159 Å². The van der Waals surface area contributed by atoms with E-state index in [0.717, 1.165) is 50.9 Å². The molecule has 6 heteroatoms. The molecule has 0 bridgehead atoms. The second kappa shape index (κ2) is 11.4. The van der Waals surface area contributed by atoms with Gasteiger partial charge in [0.2, 0.25) is 0 Å². The van der Waals surface area contributed by atoms with Gasteiger partial charge in [-0.2, -0.15) is 0 Å². The predicted molar refractivity (Wildman–Crippen MR) is 106 cm³/mol. The molecule has 150 valence electrons. The van der Waals surface area contributed by atoms with E-state index in [-0.39, 0.29) is 11.9 Å². The molecule has 0 aromatic rings. The van der Waals surface area contributed by atoms with Gasteiger partial charge in [0.15, 0.2) is 5.96 Å². The van der Waals surface area contributed by atoms with Crippen molar-refractivity contribution in [3.05, 3.63) is 0 Å². The van der Waals surface area contributed by atoms with Crippen molar-refractivity contribution >= 4 is 11.9 Å². The number of hydrogen-bond acceptors (Lipinski definition) is 4. The summed E-state index contributed by atoms with van der Waals surface area (Å²) in [6.45, 7) is 13.9. The maximum atomic E-state index is 11.9. The molecule has 0 unspecified atom stereocenters. The first-order valence-corrected chi connectivity index (χ1v) is 10.6. The molecular weight excluding hydrogens is 328 g/mol. The SMILES string of the molecule is CCNC(=NCCC1CCN(CC)CC1)N1CCC(C(=O)OCC)CC1. The van der Waals surface area contributed by atoms with Gasteiger partial charge >= 0.3 is 5.97 Å². The van der Waals surface area contributed by atoms with Crippen LogP contribution in [0.3, 0.4) is 0 Å². The van der Waals surface area contributed by atoms with Crippen LogP contribution in [0.25, 0.3) is 0 Å². The predicted octanol–water partition coefficient (Wildman–Crippen LogP) is 2.35. The number of nitrogens with one attached hydrogen (secondary N) is 1. The van der Waals surface area contributed by atoms with Crippen LogP contribution in [0.15, 0.2) is 4.99 Å². The Hall–Kier alpha value is -1.30. The first kappa shape index (κ1) is 21.0. The molecule has 0 spiro atoms. The summed E-state index contributed by atoms with van der Waals surface area (Å²) in [6.07, 6.45) is 5.53. The minimum atomic E-state index is -0.0347. The number of aliphatic imine (C=N–C) groups is 1. The van der Waals surface area contributed by atoms with E-state index >= 15 is 0 Å². The van der Waals surface area contributed by atoms with Crippen LogP contribution in [-0.4, -0.2) is 74.1 Å². The molecular formula is C20H38N4O2. The average molecular weight is 367 g/mol. The van der Waals surface area contributed by atoms with Crippen molar-refractivity contribution in [3.63, 3.8) is 0 Å². The van der Waals surface area contributed by atoms with E-state index < -0.39 is 0 Å². The lowest BCUT2D eigenvalue weighted by Gasteiger charge is -2.33. The number of carbonyl (C=O) groups excluding carboxylic acids is 1. The molecule has 0 saturated carbocycles. The van der Waals surface area contributed by atoms with Gasteiger partial charge in [-0.05, 0) is 71.5 Å². The molecule has 0 aromatic heterocycles.